The highest BCUT2D eigenvalue weighted by atomic mass is 14.4. The molecule has 3 aliphatic rings. The second kappa shape index (κ2) is 4.68. The lowest BCUT2D eigenvalue weighted by Crippen LogP contribution is -2.33. The van der Waals surface area contributed by atoms with Crippen LogP contribution in [-0.4, -0.2) is 0 Å². The van der Waals surface area contributed by atoms with Crippen LogP contribution in [-0.2, 0) is 0 Å². The van der Waals surface area contributed by atoms with E-state index in [-0.39, 0.29) is 0 Å². The molecule has 14 heavy (non-hydrogen) atoms. The Hall–Kier alpha value is 0. The van der Waals surface area contributed by atoms with E-state index in [2.05, 4.69) is 6.92 Å². The Labute approximate surface area is 89.5 Å². The maximum atomic E-state index is 2.31. The van der Waals surface area contributed by atoms with E-state index in [1.807, 2.05) is 0 Å². The van der Waals surface area contributed by atoms with Crippen molar-refractivity contribution in [2.24, 2.45) is 11.3 Å². The average molecular weight is 194 g/mol. The third kappa shape index (κ3) is 2.32. The van der Waals surface area contributed by atoms with Gasteiger partial charge in [-0.1, -0.05) is 32.6 Å². The molecule has 0 spiro atoms. The molecule has 0 aromatic rings. The van der Waals surface area contributed by atoms with Crippen LogP contribution in [0.25, 0.3) is 0 Å². The van der Waals surface area contributed by atoms with Crippen molar-refractivity contribution < 1.29 is 0 Å². The van der Waals surface area contributed by atoms with Gasteiger partial charge in [0.15, 0.2) is 0 Å². The summed E-state index contributed by atoms with van der Waals surface area (Å²) in [5.74, 6) is 1.13. The summed E-state index contributed by atoms with van der Waals surface area (Å²) < 4.78 is 0. The van der Waals surface area contributed by atoms with E-state index < -0.39 is 0 Å². The van der Waals surface area contributed by atoms with E-state index in [1.54, 1.807) is 44.9 Å². The zero-order valence-electron chi connectivity index (χ0n) is 9.86. The first kappa shape index (κ1) is 10.5. The van der Waals surface area contributed by atoms with Crippen LogP contribution in [0, 0.1) is 11.3 Å². The molecule has 0 atom stereocenters. The van der Waals surface area contributed by atoms with E-state index in [4.69, 9.17) is 0 Å². The van der Waals surface area contributed by atoms with Crippen LogP contribution >= 0.6 is 0 Å². The lowest BCUT2D eigenvalue weighted by Gasteiger charge is -2.47. The molecule has 0 aliphatic heterocycles. The van der Waals surface area contributed by atoms with Gasteiger partial charge in [0.2, 0.25) is 0 Å². The monoisotopic (exact) mass is 194 g/mol. The fraction of sp³-hybridized carbons (Fsp3) is 1.00. The SMILES string of the molecule is CCCCCCC12CCC(CC1)CC2. The summed E-state index contributed by atoms with van der Waals surface area (Å²) in [5.41, 5.74) is 0.836. The largest absolute Gasteiger partial charge is 0.0654 e. The molecule has 0 heteroatoms. The highest BCUT2D eigenvalue weighted by Crippen LogP contribution is 2.52. The number of hydrogen-bond donors (Lipinski definition) is 0. The molecule has 0 unspecified atom stereocenters. The summed E-state index contributed by atoms with van der Waals surface area (Å²) in [4.78, 5) is 0. The van der Waals surface area contributed by atoms with Crippen LogP contribution in [0.2, 0.25) is 0 Å². The van der Waals surface area contributed by atoms with Crippen LogP contribution in [0.5, 0.6) is 0 Å². The first-order valence-corrected chi connectivity index (χ1v) is 6.85. The van der Waals surface area contributed by atoms with Gasteiger partial charge in [-0.2, -0.15) is 0 Å². The Morgan fingerprint density at radius 2 is 1.57 bits per heavy atom. The van der Waals surface area contributed by atoms with Gasteiger partial charge in [0, 0.05) is 0 Å². The van der Waals surface area contributed by atoms with Crippen LogP contribution in [0.4, 0.5) is 0 Å². The van der Waals surface area contributed by atoms with E-state index in [0.717, 1.165) is 11.3 Å². The zero-order chi connectivity index (χ0) is 9.86. The van der Waals surface area contributed by atoms with Gasteiger partial charge >= 0.3 is 0 Å². The average Bonchev–Trinajstić information content (AvgIpc) is 2.27. The predicted molar refractivity (Wildman–Crippen MR) is 62.4 cm³/mol. The highest BCUT2D eigenvalue weighted by molar-refractivity contribution is 4.91. The first-order chi connectivity index (χ1) is 6.85. The molecule has 3 aliphatic carbocycles. The summed E-state index contributed by atoms with van der Waals surface area (Å²) in [5, 5.41) is 0. The van der Waals surface area contributed by atoms with Crippen molar-refractivity contribution in [2.45, 2.75) is 77.6 Å². The lowest BCUT2D eigenvalue weighted by molar-refractivity contribution is 0.0541. The molecular formula is C14H26. The fourth-order valence-corrected chi connectivity index (χ4v) is 3.64. The summed E-state index contributed by atoms with van der Waals surface area (Å²) in [7, 11) is 0. The van der Waals surface area contributed by atoms with Crippen LogP contribution < -0.4 is 0 Å². The Morgan fingerprint density at radius 3 is 2.14 bits per heavy atom. The normalized spacial score (nSPS) is 36.2. The number of unbranched alkanes of at least 4 members (excludes halogenated alkanes) is 3. The van der Waals surface area contributed by atoms with Crippen molar-refractivity contribution in [1.82, 2.24) is 0 Å². The molecule has 3 rings (SSSR count). The minimum absolute atomic E-state index is 0.836. The van der Waals surface area contributed by atoms with Gasteiger partial charge in [-0.3, -0.25) is 0 Å². The molecule has 0 amide bonds. The molecular weight excluding hydrogens is 168 g/mol. The summed E-state index contributed by atoms with van der Waals surface area (Å²) in [6.45, 7) is 2.31. The molecule has 0 aromatic heterocycles. The van der Waals surface area contributed by atoms with Gasteiger partial charge in [-0.15, -0.1) is 0 Å². The Kier molecular flexibility index (Phi) is 3.52. The Morgan fingerprint density at radius 1 is 0.929 bits per heavy atom. The van der Waals surface area contributed by atoms with Gasteiger partial charge in [-0.05, 0) is 56.3 Å². The van der Waals surface area contributed by atoms with Gasteiger partial charge in [0.25, 0.3) is 0 Å². The lowest BCUT2D eigenvalue weighted by atomic mass is 9.59. The summed E-state index contributed by atoms with van der Waals surface area (Å²) >= 11 is 0. The van der Waals surface area contributed by atoms with E-state index in [1.165, 1.54) is 25.7 Å². The van der Waals surface area contributed by atoms with Gasteiger partial charge in [0.1, 0.15) is 0 Å². The van der Waals surface area contributed by atoms with Crippen molar-refractivity contribution >= 4 is 0 Å². The maximum Gasteiger partial charge on any atom is -0.0297 e. The molecule has 2 bridgehead atoms. The third-order valence-electron chi connectivity index (χ3n) is 4.81. The molecule has 82 valence electrons. The molecule has 0 aromatic carbocycles. The predicted octanol–water partition coefficient (Wildman–Crippen LogP) is 4.93. The molecule has 3 saturated carbocycles. The van der Waals surface area contributed by atoms with Gasteiger partial charge in [-0.25, -0.2) is 0 Å². The van der Waals surface area contributed by atoms with Crippen LogP contribution in [0.3, 0.4) is 0 Å². The molecule has 0 saturated heterocycles. The van der Waals surface area contributed by atoms with E-state index in [9.17, 15) is 0 Å². The maximum absolute atomic E-state index is 2.31. The topological polar surface area (TPSA) is 0 Å². The van der Waals surface area contributed by atoms with Gasteiger partial charge in [0.05, 0.1) is 0 Å². The number of fused-ring (bicyclic) bond motifs is 3. The number of rotatable bonds is 5. The quantitative estimate of drug-likeness (QED) is 0.544. The molecule has 3 fully saturated rings. The van der Waals surface area contributed by atoms with E-state index in [0.29, 0.717) is 0 Å². The van der Waals surface area contributed by atoms with Gasteiger partial charge < -0.3 is 0 Å². The van der Waals surface area contributed by atoms with Crippen molar-refractivity contribution in [3.05, 3.63) is 0 Å². The highest BCUT2D eigenvalue weighted by Gasteiger charge is 2.39. The fourth-order valence-electron chi connectivity index (χ4n) is 3.64. The van der Waals surface area contributed by atoms with Crippen LogP contribution in [0.1, 0.15) is 77.6 Å². The second-order valence-corrected chi connectivity index (χ2v) is 5.79. The standard InChI is InChI=1S/C14H26/c1-2-3-4-5-9-14-10-6-13(7-11-14)8-12-14/h13H,2-12H2,1H3. The Bertz CT molecular complexity index is 149. The molecule has 0 N–H and O–H groups in total. The van der Waals surface area contributed by atoms with Crippen molar-refractivity contribution in [1.29, 1.82) is 0 Å². The summed E-state index contributed by atoms with van der Waals surface area (Å²) in [6, 6.07) is 0. The minimum Gasteiger partial charge on any atom is -0.0654 e. The molecule has 0 radical (unpaired) electrons. The van der Waals surface area contributed by atoms with Crippen LogP contribution in [0.15, 0.2) is 0 Å². The third-order valence-corrected chi connectivity index (χ3v) is 4.81. The minimum atomic E-state index is 0.836. The second-order valence-electron chi connectivity index (χ2n) is 5.79. The zero-order valence-corrected chi connectivity index (χ0v) is 9.86. The first-order valence-electron chi connectivity index (χ1n) is 6.85. The van der Waals surface area contributed by atoms with Crippen molar-refractivity contribution in [3.8, 4) is 0 Å². The number of hydrogen-bond acceptors (Lipinski definition) is 0. The smallest absolute Gasteiger partial charge is 0.0297 e. The van der Waals surface area contributed by atoms with E-state index >= 15 is 0 Å². The summed E-state index contributed by atoms with van der Waals surface area (Å²) in [6.07, 6.45) is 16.8. The van der Waals surface area contributed by atoms with Crippen molar-refractivity contribution in [2.75, 3.05) is 0 Å². The molecule has 0 heterocycles. The molecule has 0 nitrogen and oxygen atoms in total. The van der Waals surface area contributed by atoms with Crippen molar-refractivity contribution in [3.63, 3.8) is 0 Å². The Balaban J connectivity index is 1.72.